The standard InChI is InChI=1S/C22H18ClN3OS2/c1-15-11-16(23)12-19-21(15)25-22(29-19)26(13-17-7-5-6-10-24-17)20(27)14-28-18-8-3-2-4-9-18/h2-12H,13-14H2,1H3. The Kier molecular flexibility index (Phi) is 6.13. The van der Waals surface area contributed by atoms with Crippen LogP contribution in [0.3, 0.4) is 0 Å². The number of hydrogen-bond acceptors (Lipinski definition) is 5. The number of aromatic nitrogens is 2. The zero-order chi connectivity index (χ0) is 20.2. The maximum atomic E-state index is 13.2. The molecule has 0 unspecified atom stereocenters. The van der Waals surface area contributed by atoms with Crippen molar-refractivity contribution in [3.63, 3.8) is 0 Å². The minimum atomic E-state index is -0.00712. The first-order valence-electron chi connectivity index (χ1n) is 9.05. The SMILES string of the molecule is Cc1cc(Cl)cc2sc(N(Cc3ccccn3)C(=O)CSc3ccccc3)nc12. The first kappa shape index (κ1) is 19.9. The Hall–Kier alpha value is -2.41. The molecule has 0 aliphatic carbocycles. The van der Waals surface area contributed by atoms with Crippen molar-refractivity contribution in [1.82, 2.24) is 9.97 Å². The van der Waals surface area contributed by atoms with Gasteiger partial charge in [0.05, 0.1) is 28.2 Å². The fourth-order valence-corrected chi connectivity index (χ4v) is 5.15. The monoisotopic (exact) mass is 439 g/mol. The van der Waals surface area contributed by atoms with Gasteiger partial charge in [0.15, 0.2) is 5.13 Å². The number of thiazole rings is 1. The van der Waals surface area contributed by atoms with Crippen LogP contribution in [0.5, 0.6) is 0 Å². The molecule has 2 aromatic carbocycles. The van der Waals surface area contributed by atoms with Gasteiger partial charge in [-0.15, -0.1) is 11.8 Å². The lowest BCUT2D eigenvalue weighted by Crippen LogP contribution is -2.32. The molecule has 0 bridgehead atoms. The summed E-state index contributed by atoms with van der Waals surface area (Å²) in [6.45, 7) is 2.36. The first-order chi connectivity index (χ1) is 14.1. The predicted octanol–water partition coefficient (Wildman–Crippen LogP) is 5.98. The molecule has 0 aliphatic heterocycles. The molecule has 0 saturated heterocycles. The number of fused-ring (bicyclic) bond motifs is 1. The van der Waals surface area contributed by atoms with Crippen molar-refractivity contribution in [3.05, 3.63) is 83.1 Å². The van der Waals surface area contributed by atoms with Gasteiger partial charge in [-0.1, -0.05) is 47.2 Å². The van der Waals surface area contributed by atoms with Crippen LogP contribution in [0, 0.1) is 6.92 Å². The van der Waals surface area contributed by atoms with Crippen molar-refractivity contribution in [2.45, 2.75) is 18.4 Å². The number of pyridine rings is 1. The van der Waals surface area contributed by atoms with Crippen LogP contribution >= 0.6 is 34.7 Å². The molecule has 1 amide bonds. The second-order valence-corrected chi connectivity index (χ2v) is 8.96. The summed E-state index contributed by atoms with van der Waals surface area (Å²) in [5.41, 5.74) is 2.70. The summed E-state index contributed by atoms with van der Waals surface area (Å²) in [5, 5.41) is 1.34. The van der Waals surface area contributed by atoms with Crippen LogP contribution in [0.2, 0.25) is 5.02 Å². The molecule has 4 aromatic rings. The zero-order valence-corrected chi connectivity index (χ0v) is 18.1. The van der Waals surface area contributed by atoms with E-state index in [9.17, 15) is 4.79 Å². The maximum absolute atomic E-state index is 13.2. The van der Waals surface area contributed by atoms with Crippen LogP contribution in [0.15, 0.2) is 71.8 Å². The topological polar surface area (TPSA) is 46.1 Å². The van der Waals surface area contributed by atoms with Crippen LogP contribution in [-0.4, -0.2) is 21.6 Å². The van der Waals surface area contributed by atoms with Crippen molar-refractivity contribution in [2.24, 2.45) is 0 Å². The summed E-state index contributed by atoms with van der Waals surface area (Å²) in [6.07, 6.45) is 1.74. The van der Waals surface area contributed by atoms with E-state index in [0.717, 1.165) is 26.4 Å². The molecule has 0 spiro atoms. The molecule has 2 heterocycles. The third-order valence-corrected chi connectivity index (χ3v) is 6.56. The fourth-order valence-electron chi connectivity index (χ4n) is 2.91. The van der Waals surface area contributed by atoms with E-state index in [0.29, 0.717) is 22.5 Å². The Labute approximate surface area is 182 Å². The molecular weight excluding hydrogens is 422 g/mol. The number of aryl methyl sites for hydroxylation is 1. The highest BCUT2D eigenvalue weighted by atomic mass is 35.5. The average Bonchev–Trinajstić information content (AvgIpc) is 3.16. The number of halogens is 1. The van der Waals surface area contributed by atoms with E-state index >= 15 is 0 Å². The number of carbonyl (C=O) groups is 1. The lowest BCUT2D eigenvalue weighted by atomic mass is 10.2. The van der Waals surface area contributed by atoms with Crippen molar-refractivity contribution >= 4 is 56.0 Å². The summed E-state index contributed by atoms with van der Waals surface area (Å²) < 4.78 is 0.972. The van der Waals surface area contributed by atoms with Crippen LogP contribution in [0.25, 0.3) is 10.2 Å². The Morgan fingerprint density at radius 1 is 1.14 bits per heavy atom. The third-order valence-electron chi connectivity index (χ3n) is 4.32. The average molecular weight is 440 g/mol. The maximum Gasteiger partial charge on any atom is 0.239 e. The number of nitrogens with zero attached hydrogens (tertiary/aromatic N) is 3. The van der Waals surface area contributed by atoms with Crippen molar-refractivity contribution < 1.29 is 4.79 Å². The molecule has 0 saturated carbocycles. The quantitative estimate of drug-likeness (QED) is 0.347. The largest absolute Gasteiger partial charge is 0.281 e. The van der Waals surface area contributed by atoms with E-state index in [1.165, 1.54) is 23.1 Å². The smallest absolute Gasteiger partial charge is 0.239 e. The minimum absolute atomic E-state index is 0.00712. The summed E-state index contributed by atoms with van der Waals surface area (Å²) in [7, 11) is 0. The minimum Gasteiger partial charge on any atom is -0.281 e. The van der Waals surface area contributed by atoms with Crippen molar-refractivity contribution in [1.29, 1.82) is 0 Å². The molecule has 0 atom stereocenters. The van der Waals surface area contributed by atoms with Crippen LogP contribution in [0.1, 0.15) is 11.3 Å². The summed E-state index contributed by atoms with van der Waals surface area (Å²) in [5.74, 6) is 0.319. The molecular formula is C22H18ClN3OS2. The van der Waals surface area contributed by atoms with Crippen molar-refractivity contribution in [3.8, 4) is 0 Å². The van der Waals surface area contributed by atoms with Gasteiger partial charge in [-0.2, -0.15) is 0 Å². The van der Waals surface area contributed by atoms with E-state index in [2.05, 4.69) is 4.98 Å². The number of thioether (sulfide) groups is 1. The van der Waals surface area contributed by atoms with E-state index in [1.54, 1.807) is 11.1 Å². The number of anilines is 1. The molecule has 4 rings (SSSR count). The number of carbonyl (C=O) groups excluding carboxylic acids is 1. The van der Waals surface area contributed by atoms with Crippen molar-refractivity contribution in [2.75, 3.05) is 10.7 Å². The van der Waals surface area contributed by atoms with Gasteiger partial charge in [0.2, 0.25) is 5.91 Å². The van der Waals surface area contributed by atoms with Gasteiger partial charge in [-0.05, 0) is 48.9 Å². The molecule has 0 radical (unpaired) electrons. The predicted molar refractivity (Wildman–Crippen MR) is 122 cm³/mol. The van der Waals surface area contributed by atoms with Gasteiger partial charge in [0.25, 0.3) is 0 Å². The summed E-state index contributed by atoms with van der Waals surface area (Å²) >= 11 is 9.20. The van der Waals surface area contributed by atoms with Gasteiger partial charge in [0.1, 0.15) is 0 Å². The van der Waals surface area contributed by atoms with E-state index in [-0.39, 0.29) is 5.91 Å². The number of rotatable bonds is 6. The fraction of sp³-hybridized carbons (Fsp3) is 0.136. The molecule has 146 valence electrons. The van der Waals surface area contributed by atoms with Crippen LogP contribution in [0.4, 0.5) is 5.13 Å². The van der Waals surface area contributed by atoms with Crippen LogP contribution < -0.4 is 4.90 Å². The second kappa shape index (κ2) is 8.95. The molecule has 4 nitrogen and oxygen atoms in total. The van der Waals surface area contributed by atoms with Gasteiger partial charge in [-0.3, -0.25) is 14.7 Å². The molecule has 0 fully saturated rings. The number of benzene rings is 2. The highest BCUT2D eigenvalue weighted by Gasteiger charge is 2.21. The highest BCUT2D eigenvalue weighted by Crippen LogP contribution is 2.34. The van der Waals surface area contributed by atoms with Gasteiger partial charge < -0.3 is 0 Å². The van der Waals surface area contributed by atoms with Gasteiger partial charge >= 0.3 is 0 Å². The second-order valence-electron chi connectivity index (χ2n) is 6.47. The molecule has 0 aliphatic rings. The van der Waals surface area contributed by atoms with Crippen LogP contribution in [-0.2, 0) is 11.3 Å². The Morgan fingerprint density at radius 3 is 2.69 bits per heavy atom. The van der Waals surface area contributed by atoms with E-state index in [4.69, 9.17) is 16.6 Å². The Bertz CT molecular complexity index is 1130. The Balaban J connectivity index is 1.64. The normalized spacial score (nSPS) is 11.0. The molecule has 0 N–H and O–H groups in total. The Morgan fingerprint density at radius 2 is 1.93 bits per heavy atom. The van der Waals surface area contributed by atoms with Gasteiger partial charge in [-0.25, -0.2) is 4.98 Å². The van der Waals surface area contributed by atoms with E-state index in [1.807, 2.05) is 67.6 Å². The third kappa shape index (κ3) is 4.78. The molecule has 29 heavy (non-hydrogen) atoms. The zero-order valence-electron chi connectivity index (χ0n) is 15.7. The summed E-state index contributed by atoms with van der Waals surface area (Å²) in [6, 6.07) is 19.4. The van der Waals surface area contributed by atoms with Gasteiger partial charge in [0, 0.05) is 16.1 Å². The summed E-state index contributed by atoms with van der Waals surface area (Å²) in [4.78, 5) is 25.1. The lowest BCUT2D eigenvalue weighted by molar-refractivity contribution is -0.116. The van der Waals surface area contributed by atoms with E-state index < -0.39 is 0 Å². The molecule has 2 aromatic heterocycles. The number of amides is 1. The molecule has 7 heteroatoms. The first-order valence-corrected chi connectivity index (χ1v) is 11.2. The lowest BCUT2D eigenvalue weighted by Gasteiger charge is -2.19. The highest BCUT2D eigenvalue weighted by molar-refractivity contribution is 8.00. The number of hydrogen-bond donors (Lipinski definition) is 0.